The predicted molar refractivity (Wildman–Crippen MR) is 150 cm³/mol. The van der Waals surface area contributed by atoms with Gasteiger partial charge in [0.1, 0.15) is 17.6 Å². The van der Waals surface area contributed by atoms with Crippen LogP contribution in [-0.2, 0) is 6.54 Å². The van der Waals surface area contributed by atoms with E-state index in [-0.39, 0.29) is 74.1 Å². The Balaban J connectivity index is 1.41. The molecule has 1 aliphatic heterocycles. The smallest absolute Gasteiger partial charge is 0.439 e. The van der Waals surface area contributed by atoms with Crippen molar-refractivity contribution in [2.45, 2.75) is 89.4 Å². The number of aromatic amines is 1. The molecule has 0 amide bonds. The van der Waals surface area contributed by atoms with Crippen molar-refractivity contribution in [3.05, 3.63) is 44.3 Å². The Morgan fingerprint density at radius 3 is 2.22 bits per heavy atom. The maximum atomic E-state index is 13.3. The quantitative estimate of drug-likeness (QED) is 0.215. The minimum absolute atomic E-state index is 0.0176. The molecule has 17 heteroatoms. The lowest BCUT2D eigenvalue weighted by Gasteiger charge is -2.32. The Kier molecular flexibility index (Phi) is 10.3. The minimum Gasteiger partial charge on any atom is -0.485 e. The van der Waals surface area contributed by atoms with E-state index in [9.17, 15) is 39.9 Å². The van der Waals surface area contributed by atoms with Gasteiger partial charge in [0.25, 0.3) is 0 Å². The van der Waals surface area contributed by atoms with Crippen molar-refractivity contribution in [2.24, 2.45) is 11.8 Å². The lowest BCUT2D eigenvalue weighted by molar-refractivity contribution is -0.185. The van der Waals surface area contributed by atoms with E-state index in [0.717, 1.165) is 0 Å². The zero-order valence-corrected chi connectivity index (χ0v) is 25.4. The molecular weight excluding hydrogens is 652 g/mol. The van der Waals surface area contributed by atoms with Crippen molar-refractivity contribution >= 4 is 11.3 Å². The number of hydrogen-bond acceptors (Lipinski definition) is 8. The summed E-state index contributed by atoms with van der Waals surface area (Å²) in [6.45, 7) is -0.761. The molecule has 0 radical (unpaired) electrons. The van der Waals surface area contributed by atoms with Crippen LogP contribution in [0.3, 0.4) is 0 Å². The Bertz CT molecular complexity index is 1510. The maximum Gasteiger partial charge on any atom is 0.439 e. The fourth-order valence-electron chi connectivity index (χ4n) is 6.02. The first-order valence-electron chi connectivity index (χ1n) is 14.9. The van der Waals surface area contributed by atoms with Crippen molar-refractivity contribution in [1.82, 2.24) is 20.0 Å². The summed E-state index contributed by atoms with van der Waals surface area (Å²) < 4.78 is 122. The summed E-state index contributed by atoms with van der Waals surface area (Å²) in [7, 11) is 0. The van der Waals surface area contributed by atoms with Gasteiger partial charge >= 0.3 is 24.7 Å². The number of nitrogens with zero attached hydrogens (tertiary/aromatic N) is 3. The monoisotopic (exact) mass is 684 g/mol. The lowest BCUT2D eigenvalue weighted by Crippen LogP contribution is -2.38. The molecule has 1 aromatic carbocycles. The van der Waals surface area contributed by atoms with E-state index in [2.05, 4.69) is 19.4 Å². The number of alkyl halides is 8. The molecule has 1 atom stereocenters. The van der Waals surface area contributed by atoms with Crippen LogP contribution >= 0.6 is 11.3 Å². The van der Waals surface area contributed by atoms with E-state index < -0.39 is 42.7 Å². The number of thiazole rings is 1. The summed E-state index contributed by atoms with van der Waals surface area (Å²) in [4.78, 5) is 21.0. The fraction of sp³-hybridized carbons (Fsp3) is 0.621. The van der Waals surface area contributed by atoms with Crippen LogP contribution in [0.25, 0.3) is 11.4 Å². The molecule has 0 bridgehead atoms. The third-order valence-electron chi connectivity index (χ3n) is 8.51. The number of halogens is 8. The number of nitrogens with one attached hydrogen (secondary N) is 1. The average molecular weight is 685 g/mol. The first-order chi connectivity index (χ1) is 21.7. The normalized spacial score (nSPS) is 21.1. The van der Waals surface area contributed by atoms with Crippen LogP contribution < -0.4 is 15.2 Å². The number of likely N-dealkylation sites (tertiary alicyclic amines) is 1. The third-order valence-corrected chi connectivity index (χ3v) is 9.87. The molecule has 1 saturated carbocycles. The molecule has 8 nitrogen and oxygen atoms in total. The lowest BCUT2D eigenvalue weighted by atomic mass is 9.82. The van der Waals surface area contributed by atoms with E-state index in [0.29, 0.717) is 34.8 Å². The highest BCUT2D eigenvalue weighted by atomic mass is 32.1. The largest absolute Gasteiger partial charge is 0.485 e. The Hall–Kier alpha value is -3.21. The van der Waals surface area contributed by atoms with Gasteiger partial charge in [-0.2, -0.15) is 35.1 Å². The summed E-state index contributed by atoms with van der Waals surface area (Å²) in [5.74, 6) is -4.20. The number of rotatable bonds is 10. The summed E-state index contributed by atoms with van der Waals surface area (Å²) in [5, 5.41) is 4.16. The van der Waals surface area contributed by atoms with Crippen LogP contribution in [-0.4, -0.2) is 52.1 Å². The van der Waals surface area contributed by atoms with Crippen molar-refractivity contribution in [3.8, 4) is 22.9 Å². The highest BCUT2D eigenvalue weighted by Gasteiger charge is 2.43. The van der Waals surface area contributed by atoms with Crippen LogP contribution in [0.4, 0.5) is 35.1 Å². The van der Waals surface area contributed by atoms with Crippen molar-refractivity contribution in [2.75, 3.05) is 13.1 Å². The molecule has 0 spiro atoms. The molecule has 2 fully saturated rings. The van der Waals surface area contributed by atoms with Gasteiger partial charge in [0.15, 0.2) is 5.82 Å². The molecule has 2 aliphatic rings. The van der Waals surface area contributed by atoms with Crippen LogP contribution in [0.1, 0.15) is 79.5 Å². The molecule has 5 rings (SSSR count). The van der Waals surface area contributed by atoms with Crippen LogP contribution in [0.15, 0.2) is 27.5 Å². The van der Waals surface area contributed by atoms with Crippen molar-refractivity contribution in [3.63, 3.8) is 0 Å². The van der Waals surface area contributed by atoms with Gasteiger partial charge in [-0.3, -0.25) is 14.4 Å². The van der Waals surface area contributed by atoms with Gasteiger partial charge in [-0.25, -0.2) is 9.78 Å². The standard InChI is InChI=1S/C29H32F8N4O4S/c1-2-21(43-18-7-8-19(22(13-18)44-26(30)31)24-39-27(42)45-40-24)23-20(14-41-11-9-17(10-12-41)29(35,36)37)38-25(46-23)15-3-5-16(6-4-15)28(32,33)34/h7-8,13,15-17,21,26H,2-6,9-12,14H2,1H3,(H,39,40,42)/t15-,16-,21?. The second kappa shape index (κ2) is 13.9. The maximum absolute atomic E-state index is 13.3. The van der Waals surface area contributed by atoms with Crippen LogP contribution in [0.2, 0.25) is 0 Å². The second-order valence-corrected chi connectivity index (χ2v) is 12.6. The number of ether oxygens (including phenoxy) is 2. The summed E-state index contributed by atoms with van der Waals surface area (Å²) in [6.07, 6.45) is -8.38. The molecule has 46 heavy (non-hydrogen) atoms. The number of hydrogen-bond donors (Lipinski definition) is 1. The zero-order valence-electron chi connectivity index (χ0n) is 24.6. The Morgan fingerprint density at radius 2 is 1.65 bits per heavy atom. The van der Waals surface area contributed by atoms with Gasteiger partial charge in [0, 0.05) is 18.5 Å². The molecular formula is C29H32F8N4O4S. The van der Waals surface area contributed by atoms with Gasteiger partial charge < -0.3 is 9.47 Å². The van der Waals surface area contributed by atoms with E-state index in [1.807, 2.05) is 11.8 Å². The molecule has 1 saturated heterocycles. The number of H-pyrrole nitrogens is 1. The van der Waals surface area contributed by atoms with E-state index in [1.54, 1.807) is 0 Å². The van der Waals surface area contributed by atoms with E-state index in [4.69, 9.17) is 9.72 Å². The fourth-order valence-corrected chi connectivity index (χ4v) is 7.38. The first-order valence-corrected chi connectivity index (χ1v) is 15.7. The predicted octanol–water partition coefficient (Wildman–Crippen LogP) is 8.23. The number of aromatic nitrogens is 3. The molecule has 254 valence electrons. The summed E-state index contributed by atoms with van der Waals surface area (Å²) in [6, 6.07) is 4.03. The highest BCUT2D eigenvalue weighted by Crippen LogP contribution is 2.46. The number of piperidine rings is 1. The average Bonchev–Trinajstić information content (AvgIpc) is 3.61. The molecule has 3 aromatic rings. The molecule has 1 aliphatic carbocycles. The minimum atomic E-state index is -4.27. The molecule has 1 unspecified atom stereocenters. The number of benzene rings is 1. The molecule has 2 aromatic heterocycles. The Morgan fingerprint density at radius 1 is 1.00 bits per heavy atom. The molecule has 1 N–H and O–H groups in total. The second-order valence-electron chi connectivity index (χ2n) is 11.5. The first kappa shape index (κ1) is 34.1. The summed E-state index contributed by atoms with van der Waals surface area (Å²) in [5.41, 5.74) is 0.583. The zero-order chi connectivity index (χ0) is 33.2. The van der Waals surface area contributed by atoms with Crippen LogP contribution in [0, 0.1) is 11.8 Å². The van der Waals surface area contributed by atoms with Gasteiger partial charge in [-0.05, 0) is 70.2 Å². The van der Waals surface area contributed by atoms with E-state index in [1.165, 1.54) is 29.5 Å². The third kappa shape index (κ3) is 8.19. The van der Waals surface area contributed by atoms with Crippen LogP contribution in [0.5, 0.6) is 11.5 Å². The van der Waals surface area contributed by atoms with Gasteiger partial charge in [0.05, 0.1) is 33.0 Å². The Labute approximate surface area is 262 Å². The SMILES string of the molecule is CCC(Oc1ccc(-c2noc(=O)[nH]2)c(OC(F)F)c1)c1sc([C@H]2CC[C@H](C(F)(F)F)CC2)nc1CN1CCC(C(F)(F)F)CC1. The van der Waals surface area contributed by atoms with Gasteiger partial charge in [-0.1, -0.05) is 12.1 Å². The van der Waals surface area contributed by atoms with Gasteiger partial charge in [-0.15, -0.1) is 11.3 Å². The van der Waals surface area contributed by atoms with Crippen molar-refractivity contribution < 1.29 is 49.1 Å². The van der Waals surface area contributed by atoms with E-state index >= 15 is 0 Å². The highest BCUT2D eigenvalue weighted by molar-refractivity contribution is 7.11. The topological polar surface area (TPSA) is 93.5 Å². The van der Waals surface area contributed by atoms with Gasteiger partial charge in [0.2, 0.25) is 0 Å². The summed E-state index contributed by atoms with van der Waals surface area (Å²) >= 11 is 1.30. The van der Waals surface area contributed by atoms with Crippen molar-refractivity contribution in [1.29, 1.82) is 0 Å². The molecule has 3 heterocycles.